The van der Waals surface area contributed by atoms with Crippen molar-refractivity contribution in [2.24, 2.45) is 17.8 Å². The average molecular weight is 459 g/mol. The van der Waals surface area contributed by atoms with Crippen LogP contribution in [0.4, 0.5) is 18.9 Å². The number of ether oxygens (including phenoxy) is 1. The largest absolute Gasteiger partial charge is 0.460 e. The van der Waals surface area contributed by atoms with E-state index in [-0.39, 0.29) is 36.6 Å². The van der Waals surface area contributed by atoms with E-state index in [1.54, 1.807) is 6.07 Å². The van der Waals surface area contributed by atoms with Gasteiger partial charge < -0.3 is 10.1 Å². The van der Waals surface area contributed by atoms with Crippen LogP contribution < -0.4 is 5.32 Å². The van der Waals surface area contributed by atoms with Crippen LogP contribution in [0.15, 0.2) is 60.7 Å². The molecule has 4 nitrogen and oxygen atoms in total. The molecule has 2 aliphatic carbocycles. The van der Waals surface area contributed by atoms with Gasteiger partial charge in [-0.2, -0.15) is 31.1 Å². The first kappa shape index (κ1) is 22.3. The third-order valence-corrected chi connectivity index (χ3v) is 7.12. The van der Waals surface area contributed by atoms with E-state index in [4.69, 9.17) is 22.6 Å². The van der Waals surface area contributed by atoms with Crippen molar-refractivity contribution in [3.8, 4) is 6.07 Å². The number of hydrogen-bond donors (Lipinski definition) is 2. The third-order valence-electron chi connectivity index (χ3n) is 6.28. The predicted molar refractivity (Wildman–Crippen MR) is 117 cm³/mol. The molecule has 0 radical (unpaired) electrons. The van der Waals surface area contributed by atoms with Crippen molar-refractivity contribution in [3.05, 3.63) is 77.4 Å². The van der Waals surface area contributed by atoms with E-state index in [0.29, 0.717) is 0 Å². The summed E-state index contributed by atoms with van der Waals surface area (Å²) in [5.41, 5.74) is -0.323. The first-order valence-corrected chi connectivity index (χ1v) is 10.6. The maximum absolute atomic E-state index is 13.3. The highest BCUT2D eigenvalue weighted by Crippen LogP contribution is 2.54. The molecule has 0 aliphatic heterocycles. The van der Waals surface area contributed by atoms with Crippen molar-refractivity contribution >= 4 is 24.3 Å². The van der Waals surface area contributed by atoms with Gasteiger partial charge in [-0.15, -0.1) is 0 Å². The fourth-order valence-corrected chi connectivity index (χ4v) is 5.15. The standard InChI is InChI=1S/C24H21F3N2O2S/c25-24(26,27)20-11-19(9-7-17(20)12-28)29-13-21-16-6-8-18(10-16)23(21,32)22(30)31-14-15-4-2-1-3-5-15/h1-9,11,16,18,21,29,32H,10,13-14H2/t16?,18?,21?,23-/m0/s1. The monoisotopic (exact) mass is 458 g/mol. The van der Waals surface area contributed by atoms with Gasteiger partial charge in [-0.3, -0.25) is 4.79 Å². The number of anilines is 1. The van der Waals surface area contributed by atoms with Crippen molar-refractivity contribution in [1.29, 1.82) is 5.26 Å². The minimum Gasteiger partial charge on any atom is -0.460 e. The van der Waals surface area contributed by atoms with E-state index in [1.165, 1.54) is 6.07 Å². The van der Waals surface area contributed by atoms with Crippen molar-refractivity contribution < 1.29 is 22.7 Å². The van der Waals surface area contributed by atoms with E-state index in [9.17, 15) is 18.0 Å². The highest BCUT2D eigenvalue weighted by atomic mass is 32.1. The molecule has 0 amide bonds. The quantitative estimate of drug-likeness (QED) is 0.354. The summed E-state index contributed by atoms with van der Waals surface area (Å²) in [6.45, 7) is 0.381. The van der Waals surface area contributed by atoms with Crippen LogP contribution in [0, 0.1) is 29.1 Å². The number of alkyl halides is 3. The number of nitrogens with one attached hydrogen (secondary N) is 1. The van der Waals surface area contributed by atoms with Crippen LogP contribution in [-0.2, 0) is 22.3 Å². The zero-order chi connectivity index (χ0) is 22.9. The Labute approximate surface area is 189 Å². The Bertz CT molecular complexity index is 1080. The molecule has 3 unspecified atom stereocenters. The number of hydrogen-bond acceptors (Lipinski definition) is 5. The lowest BCUT2D eigenvalue weighted by molar-refractivity contribution is -0.150. The molecule has 2 aromatic carbocycles. The first-order chi connectivity index (χ1) is 15.2. The molecule has 0 heterocycles. The Morgan fingerprint density at radius 1 is 1.22 bits per heavy atom. The zero-order valence-electron chi connectivity index (χ0n) is 17.0. The third kappa shape index (κ3) is 4.09. The van der Waals surface area contributed by atoms with E-state index in [2.05, 4.69) is 5.32 Å². The van der Waals surface area contributed by atoms with E-state index in [1.807, 2.05) is 42.5 Å². The molecule has 1 saturated carbocycles. The zero-order valence-corrected chi connectivity index (χ0v) is 17.9. The molecule has 0 saturated heterocycles. The molecule has 2 bridgehead atoms. The van der Waals surface area contributed by atoms with Crippen molar-refractivity contribution in [2.75, 3.05) is 11.9 Å². The highest BCUT2D eigenvalue weighted by molar-refractivity contribution is 7.82. The Morgan fingerprint density at radius 2 is 1.97 bits per heavy atom. The van der Waals surface area contributed by atoms with Crippen LogP contribution in [0.5, 0.6) is 0 Å². The lowest BCUT2D eigenvalue weighted by atomic mass is 9.81. The number of carbonyl (C=O) groups excluding carboxylic acids is 1. The Kier molecular flexibility index (Phi) is 5.95. The lowest BCUT2D eigenvalue weighted by Crippen LogP contribution is -2.47. The average Bonchev–Trinajstić information content (AvgIpc) is 3.37. The molecule has 2 aromatic rings. The van der Waals surface area contributed by atoms with Crippen LogP contribution in [-0.4, -0.2) is 17.3 Å². The van der Waals surface area contributed by atoms with E-state index >= 15 is 0 Å². The van der Waals surface area contributed by atoms with Crippen molar-refractivity contribution in [2.45, 2.75) is 24.0 Å². The summed E-state index contributed by atoms with van der Waals surface area (Å²) < 4.78 is 44.3. The smallest absolute Gasteiger partial charge is 0.417 e. The molecule has 32 heavy (non-hydrogen) atoms. The van der Waals surface area contributed by atoms with Crippen LogP contribution in [0.25, 0.3) is 0 Å². The van der Waals surface area contributed by atoms with Crippen LogP contribution in [0.1, 0.15) is 23.1 Å². The number of allylic oxidation sites excluding steroid dienone is 2. The van der Waals surface area contributed by atoms with Crippen LogP contribution >= 0.6 is 12.6 Å². The second-order valence-corrected chi connectivity index (χ2v) is 8.88. The van der Waals surface area contributed by atoms with Crippen molar-refractivity contribution in [3.63, 3.8) is 0 Å². The summed E-state index contributed by atoms with van der Waals surface area (Å²) in [6.07, 6.45) is 0.126. The lowest BCUT2D eigenvalue weighted by Gasteiger charge is -2.36. The summed E-state index contributed by atoms with van der Waals surface area (Å²) in [5, 5.41) is 12.0. The molecule has 1 N–H and O–H groups in total. The molecular weight excluding hydrogens is 437 g/mol. The first-order valence-electron chi connectivity index (χ1n) is 10.2. The SMILES string of the molecule is N#Cc1ccc(NCC2C3C=CC(C3)[C@@]2(S)C(=O)OCc2ccccc2)cc1C(F)(F)F. The number of rotatable bonds is 6. The summed E-state index contributed by atoms with van der Waals surface area (Å²) in [5.74, 6) is -0.703. The van der Waals surface area contributed by atoms with Crippen LogP contribution in [0.3, 0.4) is 0 Å². The molecule has 4 rings (SSSR count). The predicted octanol–water partition coefficient (Wildman–Crippen LogP) is 5.22. The Morgan fingerprint density at radius 3 is 2.66 bits per heavy atom. The second kappa shape index (κ2) is 8.55. The molecule has 8 heteroatoms. The number of nitriles is 1. The van der Waals surface area contributed by atoms with Gasteiger partial charge in [0.1, 0.15) is 11.4 Å². The minimum absolute atomic E-state index is 0.0785. The Balaban J connectivity index is 1.50. The number of halogens is 3. The van der Waals surface area contributed by atoms with Gasteiger partial charge in [0.2, 0.25) is 0 Å². The summed E-state index contributed by atoms with van der Waals surface area (Å²) in [4.78, 5) is 13.1. The minimum atomic E-state index is -4.63. The number of esters is 1. The van der Waals surface area contributed by atoms with Gasteiger partial charge in [0.15, 0.2) is 0 Å². The fraction of sp³-hybridized carbons (Fsp3) is 0.333. The normalized spacial score (nSPS) is 26.0. The van der Waals surface area contributed by atoms with Gasteiger partial charge in [0.05, 0.1) is 17.2 Å². The highest BCUT2D eigenvalue weighted by Gasteiger charge is 2.59. The molecular formula is C24H21F3N2O2S. The summed E-state index contributed by atoms with van der Waals surface area (Å²) in [7, 11) is 0. The maximum atomic E-state index is 13.3. The van der Waals surface area contributed by atoms with Crippen molar-refractivity contribution in [1.82, 2.24) is 0 Å². The Hall–Kier alpha value is -2.92. The summed E-state index contributed by atoms with van der Waals surface area (Å²) in [6, 6.07) is 14.4. The topological polar surface area (TPSA) is 62.1 Å². The van der Waals surface area contributed by atoms with E-state index in [0.717, 1.165) is 24.1 Å². The van der Waals surface area contributed by atoms with E-state index < -0.39 is 28.0 Å². The molecule has 2 aliphatic rings. The summed E-state index contributed by atoms with van der Waals surface area (Å²) >= 11 is 4.78. The number of carbonyl (C=O) groups is 1. The van der Waals surface area contributed by atoms with Gasteiger partial charge in [0, 0.05) is 24.1 Å². The van der Waals surface area contributed by atoms with Crippen LogP contribution in [0.2, 0.25) is 0 Å². The molecule has 1 fully saturated rings. The maximum Gasteiger partial charge on any atom is 0.417 e. The van der Waals surface area contributed by atoms with Gasteiger partial charge in [-0.05, 0) is 36.1 Å². The molecule has 4 atom stereocenters. The fourth-order valence-electron chi connectivity index (χ4n) is 4.62. The van der Waals surface area contributed by atoms with Gasteiger partial charge >= 0.3 is 12.1 Å². The number of thiol groups is 1. The molecule has 166 valence electrons. The second-order valence-electron chi connectivity index (χ2n) is 8.14. The van der Waals surface area contributed by atoms with Gasteiger partial charge in [0.25, 0.3) is 0 Å². The molecule has 0 spiro atoms. The number of nitrogens with zero attached hydrogens (tertiary/aromatic N) is 1. The molecule has 0 aromatic heterocycles. The number of fused-ring (bicyclic) bond motifs is 2. The van der Waals surface area contributed by atoms with Gasteiger partial charge in [-0.25, -0.2) is 0 Å². The van der Waals surface area contributed by atoms with Gasteiger partial charge in [-0.1, -0.05) is 42.5 Å². The number of benzene rings is 2.